The van der Waals surface area contributed by atoms with E-state index in [1.165, 1.54) is 89.9 Å². The van der Waals surface area contributed by atoms with Gasteiger partial charge in [-0.3, -0.25) is 4.79 Å². The molecule has 0 radical (unpaired) electrons. The largest absolute Gasteiger partial charge is 0.356 e. The molecule has 0 heterocycles. The predicted octanol–water partition coefficient (Wildman–Crippen LogP) is 7.26. The molecule has 0 bridgehead atoms. The van der Waals surface area contributed by atoms with E-state index in [1.54, 1.807) is 6.08 Å². The number of amides is 1. The number of rotatable bonds is 23. The van der Waals surface area contributed by atoms with E-state index < -0.39 is 0 Å². The van der Waals surface area contributed by atoms with Crippen molar-refractivity contribution >= 4 is 12.0 Å². The molecule has 0 unspecified atom stereocenters. The minimum absolute atomic E-state index is 0.199. The fourth-order valence-corrected chi connectivity index (χ4v) is 3.69. The summed E-state index contributed by atoms with van der Waals surface area (Å²) in [7, 11) is 0. The maximum Gasteiger partial charge on any atom is 0.234 e. The van der Waals surface area contributed by atoms with Gasteiger partial charge in [-0.15, -0.1) is 0 Å². The van der Waals surface area contributed by atoms with Crippen LogP contribution in [-0.2, 0) is 9.59 Å². The second kappa shape index (κ2) is 24.9. The number of nitrogens with one attached hydrogen (secondary N) is 1. The van der Waals surface area contributed by atoms with E-state index in [-0.39, 0.29) is 5.91 Å². The Labute approximate surface area is 180 Å². The lowest BCUT2D eigenvalue weighted by atomic mass is 10.0. The summed E-state index contributed by atoms with van der Waals surface area (Å²) in [4.78, 5) is 25.2. The van der Waals surface area contributed by atoms with Crippen molar-refractivity contribution in [1.82, 2.24) is 5.32 Å². The van der Waals surface area contributed by atoms with Gasteiger partial charge in [-0.2, -0.15) is 0 Å². The van der Waals surface area contributed by atoms with Crippen LogP contribution in [0.1, 0.15) is 135 Å². The van der Waals surface area contributed by atoms with Crippen molar-refractivity contribution in [3.8, 4) is 0 Å². The molecule has 1 amide bonds. The normalized spacial score (nSPS) is 10.7. The molecule has 0 fully saturated rings. The monoisotopic (exact) mass is 408 g/mol. The molecule has 0 aliphatic heterocycles. The van der Waals surface area contributed by atoms with Crippen LogP contribution < -0.4 is 5.32 Å². The molecule has 0 saturated carbocycles. The van der Waals surface area contributed by atoms with Gasteiger partial charge in [0.1, 0.15) is 0 Å². The quantitative estimate of drug-likeness (QED) is 0.110. The Morgan fingerprint density at radius 3 is 1.62 bits per heavy atom. The van der Waals surface area contributed by atoms with Crippen LogP contribution in [0.3, 0.4) is 0 Å². The first-order valence-electron chi connectivity index (χ1n) is 12.6. The highest BCUT2D eigenvalue weighted by Crippen LogP contribution is 2.13. The smallest absolute Gasteiger partial charge is 0.234 e. The van der Waals surface area contributed by atoms with Gasteiger partial charge in [0.15, 0.2) is 0 Å². The topological polar surface area (TPSA) is 58.5 Å². The molecule has 0 aromatic carbocycles. The highest BCUT2D eigenvalue weighted by molar-refractivity contribution is 5.75. The molecule has 0 aromatic heterocycles. The van der Waals surface area contributed by atoms with Gasteiger partial charge >= 0.3 is 0 Å². The molecule has 0 rings (SSSR count). The van der Waals surface area contributed by atoms with Crippen LogP contribution in [0, 0.1) is 0 Å². The maximum atomic E-state index is 11.8. The summed E-state index contributed by atoms with van der Waals surface area (Å²) in [5, 5.41) is 3.01. The van der Waals surface area contributed by atoms with Crippen molar-refractivity contribution in [2.75, 3.05) is 13.1 Å². The zero-order chi connectivity index (χ0) is 21.3. The number of unbranched alkanes of at least 4 members (excludes halogenated alkanes) is 17. The van der Waals surface area contributed by atoms with Crippen molar-refractivity contribution < 1.29 is 9.59 Å². The average Bonchev–Trinajstić information content (AvgIpc) is 2.72. The molecule has 4 heteroatoms. The van der Waals surface area contributed by atoms with Gasteiger partial charge in [0.25, 0.3) is 0 Å². The van der Waals surface area contributed by atoms with Gasteiger partial charge in [0, 0.05) is 13.0 Å². The molecule has 0 atom stereocenters. The molecule has 0 saturated heterocycles. The summed E-state index contributed by atoms with van der Waals surface area (Å²) in [6.07, 6.45) is 26.6. The molecule has 0 aliphatic rings. The SMILES string of the molecule is CCCCCCCCCCCCCCCCCC(=O)NCCCCCCN=C=O. The van der Waals surface area contributed by atoms with Crippen LogP contribution in [0.5, 0.6) is 0 Å². The molecule has 0 spiro atoms. The summed E-state index contributed by atoms with van der Waals surface area (Å²) >= 11 is 0. The number of isocyanates is 1. The zero-order valence-corrected chi connectivity index (χ0v) is 19.3. The van der Waals surface area contributed by atoms with E-state index in [0.29, 0.717) is 13.0 Å². The third-order valence-electron chi connectivity index (χ3n) is 5.59. The van der Waals surface area contributed by atoms with Crippen LogP contribution in [0.15, 0.2) is 4.99 Å². The lowest BCUT2D eigenvalue weighted by molar-refractivity contribution is -0.121. The number of aliphatic imine (C=N–C) groups is 1. The number of hydrogen-bond donors (Lipinski definition) is 1. The summed E-state index contributed by atoms with van der Waals surface area (Å²) in [5.74, 6) is 0.199. The van der Waals surface area contributed by atoms with E-state index in [4.69, 9.17) is 0 Å². The summed E-state index contributed by atoms with van der Waals surface area (Å²) in [5.41, 5.74) is 0. The Bertz CT molecular complexity index is 392. The van der Waals surface area contributed by atoms with Crippen LogP contribution in [-0.4, -0.2) is 25.1 Å². The lowest BCUT2D eigenvalue weighted by Crippen LogP contribution is -2.23. The number of hydrogen-bond acceptors (Lipinski definition) is 3. The minimum Gasteiger partial charge on any atom is -0.356 e. The molecule has 170 valence electrons. The highest BCUT2D eigenvalue weighted by Gasteiger charge is 2.00. The molecular formula is C25H48N2O2. The third-order valence-corrected chi connectivity index (χ3v) is 5.59. The Morgan fingerprint density at radius 2 is 1.10 bits per heavy atom. The minimum atomic E-state index is 0.199. The van der Waals surface area contributed by atoms with Gasteiger partial charge in [-0.1, -0.05) is 110 Å². The molecule has 0 aliphatic carbocycles. The summed E-state index contributed by atoms with van der Waals surface area (Å²) in [6.45, 7) is 3.63. The third kappa shape index (κ3) is 24.8. The first kappa shape index (κ1) is 27.8. The standard InChI is InChI=1S/C25H48N2O2/c1-2-3-4-5-6-7-8-9-10-11-12-13-14-15-18-21-25(29)27-23-20-17-16-19-22-26-24-28/h2-23H2,1H3,(H,27,29). The van der Waals surface area contributed by atoms with E-state index in [0.717, 1.165) is 38.6 Å². The van der Waals surface area contributed by atoms with Crippen LogP contribution >= 0.6 is 0 Å². The van der Waals surface area contributed by atoms with E-state index in [2.05, 4.69) is 17.2 Å². The molecule has 0 aromatic rings. The number of nitrogens with zero attached hydrogens (tertiary/aromatic N) is 1. The first-order chi connectivity index (χ1) is 14.3. The van der Waals surface area contributed by atoms with Gasteiger partial charge in [0.2, 0.25) is 12.0 Å². The van der Waals surface area contributed by atoms with E-state index in [9.17, 15) is 9.59 Å². The average molecular weight is 409 g/mol. The summed E-state index contributed by atoms with van der Waals surface area (Å²) < 4.78 is 0. The molecule has 29 heavy (non-hydrogen) atoms. The van der Waals surface area contributed by atoms with Gasteiger partial charge in [-0.05, 0) is 19.3 Å². The zero-order valence-electron chi connectivity index (χ0n) is 19.3. The maximum absolute atomic E-state index is 11.8. The van der Waals surface area contributed by atoms with Crippen LogP contribution in [0.25, 0.3) is 0 Å². The van der Waals surface area contributed by atoms with Gasteiger partial charge < -0.3 is 5.32 Å². The first-order valence-corrected chi connectivity index (χ1v) is 12.6. The lowest BCUT2D eigenvalue weighted by Gasteiger charge is -2.05. The van der Waals surface area contributed by atoms with Gasteiger partial charge in [0.05, 0.1) is 6.54 Å². The van der Waals surface area contributed by atoms with Crippen molar-refractivity contribution in [2.45, 2.75) is 135 Å². The van der Waals surface area contributed by atoms with Crippen LogP contribution in [0.4, 0.5) is 0 Å². The van der Waals surface area contributed by atoms with Crippen LogP contribution in [0.2, 0.25) is 0 Å². The summed E-state index contributed by atoms with van der Waals surface area (Å²) in [6, 6.07) is 0. The van der Waals surface area contributed by atoms with Gasteiger partial charge in [-0.25, -0.2) is 9.79 Å². The molecule has 1 N–H and O–H groups in total. The highest BCUT2D eigenvalue weighted by atomic mass is 16.1. The fourth-order valence-electron chi connectivity index (χ4n) is 3.69. The molecule has 4 nitrogen and oxygen atoms in total. The second-order valence-electron chi connectivity index (χ2n) is 8.44. The van der Waals surface area contributed by atoms with Crippen molar-refractivity contribution in [3.05, 3.63) is 0 Å². The fraction of sp³-hybridized carbons (Fsp3) is 0.920. The Morgan fingerprint density at radius 1 is 0.655 bits per heavy atom. The Balaban J connectivity index is 3.14. The predicted molar refractivity (Wildman–Crippen MR) is 124 cm³/mol. The Kier molecular flexibility index (Phi) is 23.9. The number of carbonyl (C=O) groups excluding carboxylic acids is 2. The van der Waals surface area contributed by atoms with Crippen molar-refractivity contribution in [3.63, 3.8) is 0 Å². The Hall–Kier alpha value is -1.15. The number of carbonyl (C=O) groups is 1. The van der Waals surface area contributed by atoms with E-state index >= 15 is 0 Å². The second-order valence-corrected chi connectivity index (χ2v) is 8.44. The van der Waals surface area contributed by atoms with E-state index in [1.807, 2.05) is 0 Å². The van der Waals surface area contributed by atoms with Crippen molar-refractivity contribution in [2.24, 2.45) is 4.99 Å². The molecular weight excluding hydrogens is 360 g/mol. The van der Waals surface area contributed by atoms with Crippen molar-refractivity contribution in [1.29, 1.82) is 0 Å².